The lowest BCUT2D eigenvalue weighted by Gasteiger charge is -2.35. The zero-order valence-electron chi connectivity index (χ0n) is 18.8. The van der Waals surface area contributed by atoms with E-state index in [1.54, 1.807) is 0 Å². The number of hydrogen-bond acceptors (Lipinski definition) is 3. The Bertz CT molecular complexity index is 815. The maximum atomic E-state index is 12.7. The van der Waals surface area contributed by atoms with Crippen molar-refractivity contribution >= 4 is 11.8 Å². The lowest BCUT2D eigenvalue weighted by molar-refractivity contribution is -0.133. The van der Waals surface area contributed by atoms with E-state index in [-0.39, 0.29) is 17.9 Å². The molecule has 3 rings (SSSR count). The van der Waals surface area contributed by atoms with Crippen LogP contribution in [0.2, 0.25) is 0 Å². The Morgan fingerprint density at radius 1 is 0.903 bits per heavy atom. The summed E-state index contributed by atoms with van der Waals surface area (Å²) in [5.41, 5.74) is 2.41. The second-order valence-corrected chi connectivity index (χ2v) is 8.70. The zero-order chi connectivity index (χ0) is 22.1. The normalized spacial score (nSPS) is 15.6. The molecule has 2 aromatic rings. The number of carbonyl (C=O) groups is 2. The van der Waals surface area contributed by atoms with Crippen LogP contribution in [0, 0.1) is 5.92 Å². The summed E-state index contributed by atoms with van der Waals surface area (Å²) >= 11 is 0. The minimum atomic E-state index is 0.0150. The molecule has 0 aromatic heterocycles. The highest BCUT2D eigenvalue weighted by Gasteiger charge is 2.24. The quantitative estimate of drug-likeness (QED) is 0.672. The third-order valence-electron chi connectivity index (χ3n) is 5.93. The first-order valence-electron chi connectivity index (χ1n) is 11.4. The number of carbonyl (C=O) groups excluding carboxylic acids is 2. The fourth-order valence-corrected chi connectivity index (χ4v) is 4.12. The second-order valence-electron chi connectivity index (χ2n) is 8.70. The van der Waals surface area contributed by atoms with Gasteiger partial charge in [0.1, 0.15) is 0 Å². The smallest absolute Gasteiger partial charge is 0.234 e. The SMILES string of the molecule is CC(C)C(NC(=O)CN1CCN(C(=O)CCCc2ccccc2)CC1)c1ccccc1. The first kappa shape index (κ1) is 23.0. The van der Waals surface area contributed by atoms with E-state index in [0.29, 0.717) is 32.0 Å². The van der Waals surface area contributed by atoms with Crippen molar-refractivity contribution in [3.05, 3.63) is 71.8 Å². The van der Waals surface area contributed by atoms with Crippen LogP contribution in [0.15, 0.2) is 60.7 Å². The summed E-state index contributed by atoms with van der Waals surface area (Å²) in [5, 5.41) is 3.20. The molecule has 5 heteroatoms. The molecule has 1 fully saturated rings. The van der Waals surface area contributed by atoms with Crippen LogP contribution in [0.1, 0.15) is 43.9 Å². The highest BCUT2D eigenvalue weighted by atomic mass is 16.2. The highest BCUT2D eigenvalue weighted by molar-refractivity contribution is 5.79. The van der Waals surface area contributed by atoms with Crippen LogP contribution in [-0.4, -0.2) is 54.3 Å². The van der Waals surface area contributed by atoms with Gasteiger partial charge in [-0.25, -0.2) is 0 Å². The van der Waals surface area contributed by atoms with Gasteiger partial charge in [-0.05, 0) is 29.9 Å². The van der Waals surface area contributed by atoms with E-state index in [4.69, 9.17) is 0 Å². The molecule has 2 amide bonds. The molecule has 31 heavy (non-hydrogen) atoms. The summed E-state index contributed by atoms with van der Waals surface area (Å²) in [5.74, 6) is 0.589. The molecule has 1 unspecified atom stereocenters. The van der Waals surface area contributed by atoms with Gasteiger partial charge in [-0.15, -0.1) is 0 Å². The van der Waals surface area contributed by atoms with E-state index in [1.165, 1.54) is 5.56 Å². The van der Waals surface area contributed by atoms with Crippen molar-refractivity contribution in [2.45, 2.75) is 39.2 Å². The lowest BCUT2D eigenvalue weighted by atomic mass is 9.96. The van der Waals surface area contributed by atoms with E-state index in [9.17, 15) is 9.59 Å². The van der Waals surface area contributed by atoms with E-state index < -0.39 is 0 Å². The van der Waals surface area contributed by atoms with Crippen molar-refractivity contribution in [3.63, 3.8) is 0 Å². The van der Waals surface area contributed by atoms with Crippen molar-refractivity contribution in [2.24, 2.45) is 5.92 Å². The van der Waals surface area contributed by atoms with Crippen LogP contribution in [0.5, 0.6) is 0 Å². The van der Waals surface area contributed by atoms with Gasteiger partial charge in [0.05, 0.1) is 12.6 Å². The predicted molar refractivity (Wildman–Crippen MR) is 125 cm³/mol. The Labute approximate surface area is 186 Å². The standard InChI is InChI=1S/C26H35N3O2/c1-21(2)26(23-13-7-4-8-14-23)27-24(30)20-28-16-18-29(19-17-28)25(31)15-9-12-22-10-5-3-6-11-22/h3-8,10-11,13-14,21,26H,9,12,15-20H2,1-2H3,(H,27,30). The number of rotatable bonds is 9. The van der Waals surface area contributed by atoms with Gasteiger partial charge in [-0.3, -0.25) is 14.5 Å². The average molecular weight is 422 g/mol. The summed E-state index contributed by atoms with van der Waals surface area (Å²) < 4.78 is 0. The van der Waals surface area contributed by atoms with Crippen LogP contribution >= 0.6 is 0 Å². The number of piperazine rings is 1. The molecule has 0 radical (unpaired) electrons. The van der Waals surface area contributed by atoms with E-state index in [0.717, 1.165) is 31.5 Å². The van der Waals surface area contributed by atoms with Crippen LogP contribution in [0.3, 0.4) is 0 Å². The van der Waals surface area contributed by atoms with Crippen molar-refractivity contribution < 1.29 is 9.59 Å². The van der Waals surface area contributed by atoms with Crippen LogP contribution in [0.25, 0.3) is 0 Å². The van der Waals surface area contributed by atoms with Crippen LogP contribution < -0.4 is 5.32 Å². The molecule has 1 N–H and O–H groups in total. The van der Waals surface area contributed by atoms with Gasteiger partial charge in [0.15, 0.2) is 0 Å². The van der Waals surface area contributed by atoms with E-state index in [2.05, 4.69) is 48.3 Å². The van der Waals surface area contributed by atoms with Gasteiger partial charge >= 0.3 is 0 Å². The molecule has 0 aliphatic carbocycles. The first-order chi connectivity index (χ1) is 15.0. The molecule has 0 saturated carbocycles. The summed E-state index contributed by atoms with van der Waals surface area (Å²) in [6.45, 7) is 7.52. The minimum Gasteiger partial charge on any atom is -0.348 e. The molecule has 0 spiro atoms. The molecule has 1 aliphatic rings. The maximum Gasteiger partial charge on any atom is 0.234 e. The van der Waals surface area contributed by atoms with Crippen molar-refractivity contribution in [1.82, 2.24) is 15.1 Å². The van der Waals surface area contributed by atoms with Gasteiger partial charge in [0.2, 0.25) is 11.8 Å². The summed E-state index contributed by atoms with van der Waals surface area (Å²) in [4.78, 5) is 29.3. The fourth-order valence-electron chi connectivity index (χ4n) is 4.12. The van der Waals surface area contributed by atoms with E-state index >= 15 is 0 Å². The first-order valence-corrected chi connectivity index (χ1v) is 11.4. The summed E-state index contributed by atoms with van der Waals surface area (Å²) in [7, 11) is 0. The number of benzene rings is 2. The molecule has 2 aromatic carbocycles. The fraction of sp³-hybridized carbons (Fsp3) is 0.462. The molecular weight excluding hydrogens is 386 g/mol. The predicted octanol–water partition coefficient (Wildman–Crippen LogP) is 3.67. The molecule has 1 aliphatic heterocycles. The Balaban J connectivity index is 1.39. The third-order valence-corrected chi connectivity index (χ3v) is 5.93. The summed E-state index contributed by atoms with van der Waals surface area (Å²) in [6, 6.07) is 20.4. The second kappa shape index (κ2) is 11.7. The Morgan fingerprint density at radius 2 is 1.52 bits per heavy atom. The van der Waals surface area contributed by atoms with Crippen molar-refractivity contribution in [1.29, 1.82) is 0 Å². The van der Waals surface area contributed by atoms with Gasteiger partial charge < -0.3 is 10.2 Å². The Hall–Kier alpha value is -2.66. The monoisotopic (exact) mass is 421 g/mol. The topological polar surface area (TPSA) is 52.7 Å². The molecule has 5 nitrogen and oxygen atoms in total. The number of nitrogens with one attached hydrogen (secondary N) is 1. The van der Waals surface area contributed by atoms with Gasteiger partial charge in [-0.2, -0.15) is 0 Å². The molecule has 0 bridgehead atoms. The average Bonchev–Trinajstić information content (AvgIpc) is 2.79. The van der Waals surface area contributed by atoms with Gasteiger partial charge in [-0.1, -0.05) is 74.5 Å². The lowest BCUT2D eigenvalue weighted by Crippen LogP contribution is -2.51. The number of hydrogen-bond donors (Lipinski definition) is 1. The number of amides is 2. The van der Waals surface area contributed by atoms with Crippen LogP contribution in [-0.2, 0) is 16.0 Å². The van der Waals surface area contributed by atoms with Crippen molar-refractivity contribution in [2.75, 3.05) is 32.7 Å². The molecule has 166 valence electrons. The van der Waals surface area contributed by atoms with Crippen molar-refractivity contribution in [3.8, 4) is 0 Å². The van der Waals surface area contributed by atoms with Crippen LogP contribution in [0.4, 0.5) is 0 Å². The number of nitrogens with zero attached hydrogens (tertiary/aromatic N) is 2. The summed E-state index contributed by atoms with van der Waals surface area (Å²) in [6.07, 6.45) is 2.40. The van der Waals surface area contributed by atoms with Gasteiger partial charge in [0, 0.05) is 32.6 Å². The third kappa shape index (κ3) is 7.21. The molecular formula is C26H35N3O2. The highest BCUT2D eigenvalue weighted by Crippen LogP contribution is 2.21. The zero-order valence-corrected chi connectivity index (χ0v) is 18.8. The Kier molecular flexibility index (Phi) is 8.65. The molecule has 1 saturated heterocycles. The number of aryl methyl sites for hydroxylation is 1. The minimum absolute atomic E-state index is 0.0150. The Morgan fingerprint density at radius 3 is 2.13 bits per heavy atom. The largest absolute Gasteiger partial charge is 0.348 e. The van der Waals surface area contributed by atoms with E-state index in [1.807, 2.05) is 41.3 Å². The molecule has 1 heterocycles. The maximum absolute atomic E-state index is 12.7. The van der Waals surface area contributed by atoms with Gasteiger partial charge in [0.25, 0.3) is 0 Å². The molecule has 1 atom stereocenters.